The first kappa shape index (κ1) is 14.3. The molecule has 0 saturated heterocycles. The largest absolute Gasteiger partial charge is 0.273 e. The van der Waals surface area contributed by atoms with Crippen molar-refractivity contribution in [2.75, 3.05) is 0 Å². The summed E-state index contributed by atoms with van der Waals surface area (Å²) in [4.78, 5) is 0. The van der Waals surface area contributed by atoms with Crippen molar-refractivity contribution >= 4 is 0 Å². The second-order valence-electron chi connectivity index (χ2n) is 5.96. The molecule has 2 aromatic rings. The molecule has 0 fully saturated rings. The number of hydrogen-bond acceptors (Lipinski definition) is 3. The van der Waals surface area contributed by atoms with E-state index >= 15 is 0 Å². The van der Waals surface area contributed by atoms with E-state index in [1.807, 2.05) is 17.9 Å². The van der Waals surface area contributed by atoms with E-state index in [1.54, 1.807) is 0 Å². The maximum Gasteiger partial charge on any atom is 0.0492 e. The van der Waals surface area contributed by atoms with Gasteiger partial charge in [0, 0.05) is 30.9 Å². The van der Waals surface area contributed by atoms with Crippen LogP contribution in [0.5, 0.6) is 0 Å². The van der Waals surface area contributed by atoms with Crippen molar-refractivity contribution in [3.8, 4) is 0 Å². The van der Waals surface area contributed by atoms with Crippen molar-refractivity contribution in [2.45, 2.75) is 44.1 Å². The van der Waals surface area contributed by atoms with Gasteiger partial charge in [0.05, 0.1) is 0 Å². The molecule has 0 bridgehead atoms. The molecule has 4 heteroatoms. The summed E-state index contributed by atoms with van der Waals surface area (Å²) in [6, 6.07) is 11.2. The van der Waals surface area contributed by atoms with E-state index in [1.165, 1.54) is 36.1 Å². The zero-order chi connectivity index (χ0) is 14.7. The van der Waals surface area contributed by atoms with E-state index in [2.05, 4.69) is 40.9 Å². The van der Waals surface area contributed by atoms with Crippen LogP contribution in [0.4, 0.5) is 0 Å². The average molecular weight is 284 g/mol. The summed E-state index contributed by atoms with van der Waals surface area (Å²) >= 11 is 0. The van der Waals surface area contributed by atoms with Crippen molar-refractivity contribution in [2.24, 2.45) is 12.9 Å². The lowest BCUT2D eigenvalue weighted by molar-refractivity contribution is 0.376. The second kappa shape index (κ2) is 6.41. The van der Waals surface area contributed by atoms with Gasteiger partial charge in [0.15, 0.2) is 0 Å². The van der Waals surface area contributed by atoms with Crippen LogP contribution in [0.1, 0.15) is 42.0 Å². The van der Waals surface area contributed by atoms with Crippen molar-refractivity contribution in [3.63, 3.8) is 0 Å². The second-order valence-corrected chi connectivity index (χ2v) is 5.96. The predicted molar refractivity (Wildman–Crippen MR) is 84.8 cm³/mol. The smallest absolute Gasteiger partial charge is 0.0492 e. The van der Waals surface area contributed by atoms with Gasteiger partial charge in [-0.25, -0.2) is 0 Å². The third-order valence-electron chi connectivity index (χ3n) is 4.75. The molecule has 112 valence electrons. The van der Waals surface area contributed by atoms with Gasteiger partial charge in [0.1, 0.15) is 0 Å². The number of nitrogens with one attached hydrogen (secondary N) is 1. The van der Waals surface area contributed by atoms with Crippen LogP contribution < -0.4 is 11.3 Å². The van der Waals surface area contributed by atoms with Crippen LogP contribution in [0.25, 0.3) is 0 Å². The Hall–Kier alpha value is -1.65. The summed E-state index contributed by atoms with van der Waals surface area (Å²) in [6.07, 6.45) is 7.57. The highest BCUT2D eigenvalue weighted by Gasteiger charge is 2.26. The molecule has 1 aromatic heterocycles. The number of fused-ring (bicyclic) bond motifs is 1. The summed E-state index contributed by atoms with van der Waals surface area (Å²) in [6.45, 7) is 0. The third kappa shape index (κ3) is 3.01. The first-order valence-corrected chi connectivity index (χ1v) is 7.80. The minimum atomic E-state index is 0.321. The van der Waals surface area contributed by atoms with Crippen LogP contribution in [-0.4, -0.2) is 15.8 Å². The van der Waals surface area contributed by atoms with Crippen molar-refractivity contribution < 1.29 is 0 Å². The van der Waals surface area contributed by atoms with Gasteiger partial charge in [-0.3, -0.25) is 16.0 Å². The van der Waals surface area contributed by atoms with E-state index in [0.29, 0.717) is 12.0 Å². The first-order valence-electron chi connectivity index (χ1n) is 7.80. The van der Waals surface area contributed by atoms with Gasteiger partial charge < -0.3 is 0 Å². The Morgan fingerprint density at radius 3 is 3.00 bits per heavy atom. The fourth-order valence-electron chi connectivity index (χ4n) is 3.56. The van der Waals surface area contributed by atoms with Crippen LogP contribution in [-0.2, 0) is 19.9 Å². The van der Waals surface area contributed by atoms with E-state index in [-0.39, 0.29) is 0 Å². The summed E-state index contributed by atoms with van der Waals surface area (Å²) in [5.74, 6) is 6.39. The standard InChI is InChI=1S/C17H24N4/c1-21-14(11-12-19-21)9-10-17(20-18)16-8-4-6-13-5-2-3-7-15(13)16/h2-3,5,7,11-12,16-17,20H,4,6,8-10,18H2,1H3. The number of rotatable bonds is 5. The number of benzene rings is 1. The van der Waals surface area contributed by atoms with Crippen molar-refractivity contribution in [3.05, 3.63) is 53.3 Å². The Morgan fingerprint density at radius 1 is 1.38 bits per heavy atom. The van der Waals surface area contributed by atoms with Gasteiger partial charge in [-0.15, -0.1) is 0 Å². The molecule has 1 aliphatic rings. The Labute approximate surface area is 126 Å². The van der Waals surface area contributed by atoms with Gasteiger partial charge in [0.25, 0.3) is 0 Å². The Kier molecular flexibility index (Phi) is 4.36. The monoisotopic (exact) mass is 284 g/mol. The highest BCUT2D eigenvalue weighted by Crippen LogP contribution is 2.35. The van der Waals surface area contributed by atoms with Gasteiger partial charge in [-0.1, -0.05) is 24.3 Å². The quantitative estimate of drug-likeness (QED) is 0.654. The summed E-state index contributed by atoms with van der Waals surface area (Å²) in [7, 11) is 2.00. The lowest BCUT2D eigenvalue weighted by Gasteiger charge is -2.32. The zero-order valence-electron chi connectivity index (χ0n) is 12.6. The number of aromatic nitrogens is 2. The van der Waals surface area contributed by atoms with Gasteiger partial charge in [0.2, 0.25) is 0 Å². The topological polar surface area (TPSA) is 55.9 Å². The zero-order valence-corrected chi connectivity index (χ0v) is 12.6. The number of aryl methyl sites for hydroxylation is 3. The molecule has 1 heterocycles. The Balaban J connectivity index is 1.73. The SMILES string of the molecule is Cn1nccc1CCC(NN)C1CCCc2ccccc21. The van der Waals surface area contributed by atoms with Crippen LogP contribution in [0, 0.1) is 0 Å². The lowest BCUT2D eigenvalue weighted by atomic mass is 9.77. The molecule has 0 aliphatic heterocycles. The maximum atomic E-state index is 5.87. The minimum Gasteiger partial charge on any atom is -0.273 e. The van der Waals surface area contributed by atoms with Crippen molar-refractivity contribution in [1.82, 2.24) is 15.2 Å². The van der Waals surface area contributed by atoms with E-state index < -0.39 is 0 Å². The fourth-order valence-corrected chi connectivity index (χ4v) is 3.56. The molecule has 2 unspecified atom stereocenters. The predicted octanol–water partition coefficient (Wildman–Crippen LogP) is 2.30. The van der Waals surface area contributed by atoms with E-state index in [0.717, 1.165) is 12.8 Å². The molecular weight excluding hydrogens is 260 g/mol. The molecule has 21 heavy (non-hydrogen) atoms. The molecule has 2 atom stereocenters. The summed E-state index contributed by atoms with van der Waals surface area (Å²) < 4.78 is 1.95. The van der Waals surface area contributed by atoms with Gasteiger partial charge in [-0.2, -0.15) is 5.10 Å². The normalized spacial score (nSPS) is 19.2. The molecule has 0 spiro atoms. The Bertz CT molecular complexity index is 590. The molecule has 1 aromatic carbocycles. The minimum absolute atomic E-state index is 0.321. The number of hydrogen-bond donors (Lipinski definition) is 2. The molecule has 3 rings (SSSR count). The number of nitrogens with zero attached hydrogens (tertiary/aromatic N) is 2. The van der Waals surface area contributed by atoms with Crippen LogP contribution in [0.15, 0.2) is 36.5 Å². The third-order valence-corrected chi connectivity index (χ3v) is 4.75. The number of hydrazine groups is 1. The molecule has 1 aliphatic carbocycles. The number of nitrogens with two attached hydrogens (primary N) is 1. The maximum absolute atomic E-state index is 5.87. The van der Waals surface area contributed by atoms with Crippen molar-refractivity contribution in [1.29, 1.82) is 0 Å². The van der Waals surface area contributed by atoms with Crippen LogP contribution in [0.2, 0.25) is 0 Å². The van der Waals surface area contributed by atoms with E-state index in [9.17, 15) is 0 Å². The molecule has 3 N–H and O–H groups in total. The molecular formula is C17H24N4. The van der Waals surface area contributed by atoms with Crippen LogP contribution in [0.3, 0.4) is 0 Å². The van der Waals surface area contributed by atoms with E-state index in [4.69, 9.17) is 5.84 Å². The highest BCUT2D eigenvalue weighted by atomic mass is 15.3. The first-order chi connectivity index (χ1) is 10.3. The average Bonchev–Trinajstić information content (AvgIpc) is 2.93. The Morgan fingerprint density at radius 2 is 2.24 bits per heavy atom. The van der Waals surface area contributed by atoms with Gasteiger partial charge >= 0.3 is 0 Å². The molecule has 0 saturated carbocycles. The fraction of sp³-hybridized carbons (Fsp3) is 0.471. The molecule has 4 nitrogen and oxygen atoms in total. The highest BCUT2D eigenvalue weighted by molar-refractivity contribution is 5.33. The molecule has 0 radical (unpaired) electrons. The molecule has 0 amide bonds. The summed E-state index contributed by atoms with van der Waals surface area (Å²) in [5, 5.41) is 4.23. The van der Waals surface area contributed by atoms with Crippen LogP contribution >= 0.6 is 0 Å². The van der Waals surface area contributed by atoms with Gasteiger partial charge in [-0.05, 0) is 49.3 Å². The summed E-state index contributed by atoms with van der Waals surface area (Å²) in [5.41, 5.74) is 7.31. The lowest BCUT2D eigenvalue weighted by Crippen LogP contribution is -2.41.